The minimum absolute atomic E-state index is 0.217. The normalized spacial score (nSPS) is 25.8. The van der Waals surface area contributed by atoms with Gasteiger partial charge >= 0.3 is 0 Å². The first-order chi connectivity index (χ1) is 10.0. The maximum atomic E-state index is 5.89. The Balaban J connectivity index is 1.51. The Morgan fingerprint density at radius 1 is 1.29 bits per heavy atom. The monoisotopic (exact) mass is 352 g/mol. The highest BCUT2D eigenvalue weighted by Gasteiger charge is 2.40. The highest BCUT2D eigenvalue weighted by atomic mass is 79.9. The molecule has 2 aliphatic rings. The minimum atomic E-state index is 0.217. The zero-order valence-corrected chi connectivity index (χ0v) is 14.5. The van der Waals surface area contributed by atoms with Crippen molar-refractivity contribution in [3.63, 3.8) is 0 Å². The Kier molecular flexibility index (Phi) is 4.57. The molecule has 116 valence electrons. The SMILES string of the molecule is CC1(C)CNC(C2CC2)CN1CCOc1ccc(Br)cc1. The highest BCUT2D eigenvalue weighted by Crippen LogP contribution is 2.35. The van der Waals surface area contributed by atoms with Crippen LogP contribution in [0.1, 0.15) is 26.7 Å². The zero-order chi connectivity index (χ0) is 14.9. The van der Waals surface area contributed by atoms with E-state index in [4.69, 9.17) is 4.74 Å². The Morgan fingerprint density at radius 2 is 2.00 bits per heavy atom. The second-order valence-electron chi connectivity index (χ2n) is 6.89. The molecule has 4 heteroatoms. The predicted molar refractivity (Wildman–Crippen MR) is 89.8 cm³/mol. The fraction of sp³-hybridized carbons (Fsp3) is 0.647. The molecule has 0 radical (unpaired) electrons. The molecule has 1 atom stereocenters. The third kappa shape index (κ3) is 3.99. The molecule has 1 aliphatic carbocycles. The van der Waals surface area contributed by atoms with Crippen LogP contribution in [0.4, 0.5) is 0 Å². The second kappa shape index (κ2) is 6.27. The number of rotatable bonds is 5. The molecule has 0 aromatic heterocycles. The Hall–Kier alpha value is -0.580. The smallest absolute Gasteiger partial charge is 0.119 e. The topological polar surface area (TPSA) is 24.5 Å². The summed E-state index contributed by atoms with van der Waals surface area (Å²) in [6, 6.07) is 8.76. The van der Waals surface area contributed by atoms with E-state index in [0.29, 0.717) is 6.04 Å². The number of piperazine rings is 1. The van der Waals surface area contributed by atoms with Gasteiger partial charge < -0.3 is 10.1 Å². The van der Waals surface area contributed by atoms with Crippen molar-refractivity contribution in [2.45, 2.75) is 38.3 Å². The quantitative estimate of drug-likeness (QED) is 0.879. The third-order valence-electron chi connectivity index (χ3n) is 4.70. The molecule has 1 aromatic rings. The molecular formula is C17H25BrN2O. The van der Waals surface area contributed by atoms with Crippen molar-refractivity contribution in [3.05, 3.63) is 28.7 Å². The average Bonchev–Trinajstić information content (AvgIpc) is 3.27. The van der Waals surface area contributed by atoms with Crippen LogP contribution in [0.3, 0.4) is 0 Å². The van der Waals surface area contributed by atoms with Gasteiger partial charge in [-0.2, -0.15) is 0 Å². The van der Waals surface area contributed by atoms with Gasteiger partial charge in [0.15, 0.2) is 0 Å². The lowest BCUT2D eigenvalue weighted by molar-refractivity contribution is 0.0482. The molecule has 1 saturated carbocycles. The van der Waals surface area contributed by atoms with Crippen LogP contribution >= 0.6 is 15.9 Å². The average molecular weight is 353 g/mol. The van der Waals surface area contributed by atoms with Crippen LogP contribution in [0.2, 0.25) is 0 Å². The number of hydrogen-bond acceptors (Lipinski definition) is 3. The van der Waals surface area contributed by atoms with Crippen molar-refractivity contribution in [3.8, 4) is 5.75 Å². The lowest BCUT2D eigenvalue weighted by Crippen LogP contribution is -2.63. The first-order valence-corrected chi connectivity index (χ1v) is 8.71. The molecule has 2 fully saturated rings. The van der Waals surface area contributed by atoms with Gasteiger partial charge in [-0.3, -0.25) is 4.90 Å². The van der Waals surface area contributed by atoms with Crippen LogP contribution in [0.15, 0.2) is 28.7 Å². The van der Waals surface area contributed by atoms with Crippen LogP contribution in [0.5, 0.6) is 5.75 Å². The number of nitrogens with one attached hydrogen (secondary N) is 1. The van der Waals surface area contributed by atoms with Crippen LogP contribution in [0, 0.1) is 5.92 Å². The van der Waals surface area contributed by atoms with Gasteiger partial charge in [-0.25, -0.2) is 0 Å². The van der Waals surface area contributed by atoms with Crippen molar-refractivity contribution in [1.82, 2.24) is 10.2 Å². The van der Waals surface area contributed by atoms with Crippen molar-refractivity contribution < 1.29 is 4.74 Å². The summed E-state index contributed by atoms with van der Waals surface area (Å²) in [5, 5.41) is 3.73. The summed E-state index contributed by atoms with van der Waals surface area (Å²) in [5.41, 5.74) is 0.217. The van der Waals surface area contributed by atoms with E-state index in [0.717, 1.165) is 42.4 Å². The Labute approximate surface area is 136 Å². The molecule has 0 amide bonds. The standard InChI is InChI=1S/C17H25BrN2O/c1-17(2)12-19-16(13-3-4-13)11-20(17)9-10-21-15-7-5-14(18)6-8-15/h5-8,13,16,19H,3-4,9-12H2,1-2H3. The fourth-order valence-electron chi connectivity index (χ4n) is 3.05. The molecule has 1 unspecified atom stereocenters. The van der Waals surface area contributed by atoms with Gasteiger partial charge in [-0.1, -0.05) is 15.9 Å². The summed E-state index contributed by atoms with van der Waals surface area (Å²) in [6.07, 6.45) is 2.81. The van der Waals surface area contributed by atoms with E-state index in [-0.39, 0.29) is 5.54 Å². The molecule has 0 bridgehead atoms. The van der Waals surface area contributed by atoms with Gasteiger partial charge in [-0.15, -0.1) is 0 Å². The van der Waals surface area contributed by atoms with Gasteiger partial charge in [0, 0.05) is 35.7 Å². The molecular weight excluding hydrogens is 328 g/mol. The summed E-state index contributed by atoms with van der Waals surface area (Å²) in [4.78, 5) is 2.59. The van der Waals surface area contributed by atoms with Crippen LogP contribution in [0.25, 0.3) is 0 Å². The summed E-state index contributed by atoms with van der Waals surface area (Å²) in [7, 11) is 0. The summed E-state index contributed by atoms with van der Waals surface area (Å²) >= 11 is 3.45. The van der Waals surface area contributed by atoms with E-state index in [1.165, 1.54) is 12.8 Å². The molecule has 1 aliphatic heterocycles. The maximum Gasteiger partial charge on any atom is 0.119 e. The van der Waals surface area contributed by atoms with E-state index >= 15 is 0 Å². The fourth-order valence-corrected chi connectivity index (χ4v) is 3.32. The zero-order valence-electron chi connectivity index (χ0n) is 12.9. The van der Waals surface area contributed by atoms with Gasteiger partial charge in [-0.05, 0) is 56.9 Å². The van der Waals surface area contributed by atoms with E-state index in [1.807, 2.05) is 24.3 Å². The van der Waals surface area contributed by atoms with Crippen LogP contribution < -0.4 is 10.1 Å². The first-order valence-electron chi connectivity index (χ1n) is 7.91. The van der Waals surface area contributed by atoms with E-state index < -0.39 is 0 Å². The number of benzene rings is 1. The van der Waals surface area contributed by atoms with Crippen molar-refractivity contribution in [2.75, 3.05) is 26.2 Å². The molecule has 3 nitrogen and oxygen atoms in total. The second-order valence-corrected chi connectivity index (χ2v) is 7.80. The summed E-state index contributed by atoms with van der Waals surface area (Å²) < 4.78 is 6.97. The third-order valence-corrected chi connectivity index (χ3v) is 5.23. The van der Waals surface area contributed by atoms with Crippen LogP contribution in [-0.4, -0.2) is 42.7 Å². The summed E-state index contributed by atoms with van der Waals surface area (Å²) in [5.74, 6) is 1.86. The van der Waals surface area contributed by atoms with Crippen molar-refractivity contribution in [2.24, 2.45) is 5.92 Å². The van der Waals surface area contributed by atoms with Crippen molar-refractivity contribution >= 4 is 15.9 Å². The summed E-state index contributed by atoms with van der Waals surface area (Å²) in [6.45, 7) is 8.62. The molecule has 1 aromatic carbocycles. The maximum absolute atomic E-state index is 5.89. The lowest BCUT2D eigenvalue weighted by Gasteiger charge is -2.46. The van der Waals surface area contributed by atoms with Crippen LogP contribution in [-0.2, 0) is 0 Å². The predicted octanol–water partition coefficient (Wildman–Crippen LogP) is 3.29. The molecule has 3 rings (SSSR count). The van der Waals surface area contributed by atoms with E-state index in [9.17, 15) is 0 Å². The number of halogens is 1. The van der Waals surface area contributed by atoms with Gasteiger partial charge in [0.25, 0.3) is 0 Å². The molecule has 1 heterocycles. The highest BCUT2D eigenvalue weighted by molar-refractivity contribution is 9.10. The van der Waals surface area contributed by atoms with Gasteiger partial charge in [0.05, 0.1) is 0 Å². The first kappa shape index (κ1) is 15.3. The number of hydrogen-bond donors (Lipinski definition) is 1. The molecule has 1 N–H and O–H groups in total. The van der Waals surface area contributed by atoms with E-state index in [2.05, 4.69) is 40.0 Å². The van der Waals surface area contributed by atoms with Crippen molar-refractivity contribution in [1.29, 1.82) is 0 Å². The molecule has 1 saturated heterocycles. The number of nitrogens with zero attached hydrogens (tertiary/aromatic N) is 1. The van der Waals surface area contributed by atoms with Gasteiger partial charge in [0.1, 0.15) is 12.4 Å². The Morgan fingerprint density at radius 3 is 2.67 bits per heavy atom. The lowest BCUT2D eigenvalue weighted by atomic mass is 9.96. The minimum Gasteiger partial charge on any atom is -0.492 e. The molecule has 21 heavy (non-hydrogen) atoms. The Bertz CT molecular complexity index is 470. The largest absolute Gasteiger partial charge is 0.492 e. The van der Waals surface area contributed by atoms with Gasteiger partial charge in [0.2, 0.25) is 0 Å². The molecule has 0 spiro atoms. The number of ether oxygens (including phenoxy) is 1. The van der Waals surface area contributed by atoms with E-state index in [1.54, 1.807) is 0 Å².